The van der Waals surface area contributed by atoms with Crippen LogP contribution in [0, 0.1) is 0 Å². The normalized spacial score (nSPS) is 14.2. The number of nitrogens with zero attached hydrogens (tertiary/aromatic N) is 4. The van der Waals surface area contributed by atoms with Gasteiger partial charge in [0.1, 0.15) is 0 Å². The van der Waals surface area contributed by atoms with Crippen LogP contribution < -0.4 is 0 Å². The van der Waals surface area contributed by atoms with Crippen LogP contribution in [0.2, 0.25) is 0 Å². The molecular formula is C11H16N4O6. The van der Waals surface area contributed by atoms with Gasteiger partial charge in [-0.15, -0.1) is 5.06 Å². The van der Waals surface area contributed by atoms with Crippen molar-refractivity contribution in [1.82, 2.24) is 5.06 Å². The van der Waals surface area contributed by atoms with Crippen molar-refractivity contribution in [2.45, 2.75) is 19.3 Å². The molecule has 1 aliphatic rings. The van der Waals surface area contributed by atoms with Crippen molar-refractivity contribution < 1.29 is 28.7 Å². The molecule has 0 aromatic rings. The van der Waals surface area contributed by atoms with Gasteiger partial charge in [-0.2, -0.15) is 0 Å². The zero-order valence-corrected chi connectivity index (χ0v) is 11.4. The van der Waals surface area contributed by atoms with Gasteiger partial charge in [0, 0.05) is 24.3 Å². The van der Waals surface area contributed by atoms with Gasteiger partial charge in [0.25, 0.3) is 11.8 Å². The zero-order valence-electron chi connectivity index (χ0n) is 11.4. The van der Waals surface area contributed by atoms with E-state index in [4.69, 9.17) is 15.0 Å². The molecule has 0 aromatic heterocycles. The molecule has 0 saturated carbocycles. The summed E-state index contributed by atoms with van der Waals surface area (Å²) < 4.78 is 10.2. The minimum atomic E-state index is -0.706. The highest BCUT2D eigenvalue weighted by Crippen LogP contribution is 2.12. The molecule has 1 fully saturated rings. The Labute approximate surface area is 120 Å². The maximum absolute atomic E-state index is 11.4. The highest BCUT2D eigenvalue weighted by atomic mass is 16.7. The van der Waals surface area contributed by atoms with Crippen LogP contribution in [0.25, 0.3) is 10.4 Å². The van der Waals surface area contributed by atoms with E-state index in [1.807, 2.05) is 0 Å². The number of imide groups is 1. The summed E-state index contributed by atoms with van der Waals surface area (Å²) in [6, 6.07) is 0. The molecule has 0 aromatic carbocycles. The molecule has 0 unspecified atom stereocenters. The first kappa shape index (κ1) is 16.9. The van der Waals surface area contributed by atoms with E-state index >= 15 is 0 Å². The maximum Gasteiger partial charge on any atom is 0.335 e. The number of rotatable bonds is 10. The van der Waals surface area contributed by atoms with Crippen LogP contribution in [0.5, 0.6) is 0 Å². The van der Waals surface area contributed by atoms with Crippen molar-refractivity contribution in [2.24, 2.45) is 5.11 Å². The molecule has 0 N–H and O–H groups in total. The number of carbonyl (C=O) groups excluding carboxylic acids is 3. The number of hydrogen-bond acceptors (Lipinski definition) is 7. The summed E-state index contributed by atoms with van der Waals surface area (Å²) in [5, 5.41) is 3.79. The summed E-state index contributed by atoms with van der Waals surface area (Å²) in [6.07, 6.45) is 0.0569. The summed E-state index contributed by atoms with van der Waals surface area (Å²) >= 11 is 0. The zero-order chi connectivity index (χ0) is 15.5. The summed E-state index contributed by atoms with van der Waals surface area (Å²) in [5.74, 6) is -1.73. The number of hydroxylamine groups is 2. The summed E-state index contributed by atoms with van der Waals surface area (Å²) in [7, 11) is 0. The molecule has 1 rings (SSSR count). The number of ether oxygens (including phenoxy) is 2. The van der Waals surface area contributed by atoms with Crippen molar-refractivity contribution in [3.8, 4) is 0 Å². The van der Waals surface area contributed by atoms with Gasteiger partial charge < -0.3 is 14.3 Å². The predicted molar refractivity (Wildman–Crippen MR) is 67.4 cm³/mol. The largest absolute Gasteiger partial charge is 0.379 e. The first-order chi connectivity index (χ1) is 10.1. The van der Waals surface area contributed by atoms with Crippen molar-refractivity contribution in [3.63, 3.8) is 0 Å². The lowest BCUT2D eigenvalue weighted by molar-refractivity contribution is -0.198. The second kappa shape index (κ2) is 9.70. The van der Waals surface area contributed by atoms with Crippen molar-refractivity contribution in [1.29, 1.82) is 0 Å². The number of amides is 2. The molecule has 10 heteroatoms. The molecule has 0 spiro atoms. The highest BCUT2D eigenvalue weighted by molar-refractivity contribution is 6.01. The predicted octanol–water partition coefficient (Wildman–Crippen LogP) is 0.327. The van der Waals surface area contributed by atoms with Crippen LogP contribution >= 0.6 is 0 Å². The second-order valence-corrected chi connectivity index (χ2v) is 3.97. The van der Waals surface area contributed by atoms with E-state index in [1.165, 1.54) is 0 Å². The van der Waals surface area contributed by atoms with Crippen LogP contribution in [0.3, 0.4) is 0 Å². The average molecular weight is 300 g/mol. The maximum atomic E-state index is 11.4. The van der Waals surface area contributed by atoms with Crippen LogP contribution in [0.1, 0.15) is 19.3 Å². The molecule has 0 aliphatic carbocycles. The third-order valence-corrected chi connectivity index (χ3v) is 2.42. The second-order valence-electron chi connectivity index (χ2n) is 3.97. The lowest BCUT2D eigenvalue weighted by Gasteiger charge is -2.12. The van der Waals surface area contributed by atoms with Gasteiger partial charge >= 0.3 is 5.97 Å². The van der Waals surface area contributed by atoms with E-state index in [1.54, 1.807) is 0 Å². The van der Waals surface area contributed by atoms with Crippen molar-refractivity contribution in [2.75, 3.05) is 33.0 Å². The first-order valence-corrected chi connectivity index (χ1v) is 6.38. The molecule has 116 valence electrons. The van der Waals surface area contributed by atoms with E-state index in [0.29, 0.717) is 18.3 Å². The average Bonchev–Trinajstić information content (AvgIpc) is 2.77. The van der Waals surface area contributed by atoms with E-state index in [0.717, 1.165) is 0 Å². The quantitative estimate of drug-likeness (QED) is 0.188. The number of azide groups is 1. The van der Waals surface area contributed by atoms with E-state index in [2.05, 4.69) is 14.9 Å². The van der Waals surface area contributed by atoms with E-state index in [-0.39, 0.29) is 39.0 Å². The molecule has 1 aliphatic heterocycles. The molecular weight excluding hydrogens is 284 g/mol. The fourth-order valence-electron chi connectivity index (χ4n) is 1.43. The Morgan fingerprint density at radius 1 is 1.14 bits per heavy atom. The minimum Gasteiger partial charge on any atom is -0.379 e. The van der Waals surface area contributed by atoms with Crippen LogP contribution in [0.4, 0.5) is 0 Å². The molecule has 0 radical (unpaired) electrons. The van der Waals surface area contributed by atoms with Gasteiger partial charge in [0.2, 0.25) is 0 Å². The van der Waals surface area contributed by atoms with E-state index in [9.17, 15) is 14.4 Å². The summed E-state index contributed by atoms with van der Waals surface area (Å²) in [5.41, 5.74) is 8.01. The molecule has 21 heavy (non-hydrogen) atoms. The highest BCUT2D eigenvalue weighted by Gasteiger charge is 2.32. The first-order valence-electron chi connectivity index (χ1n) is 6.38. The van der Waals surface area contributed by atoms with Gasteiger partial charge in [-0.25, -0.2) is 4.79 Å². The lowest BCUT2D eigenvalue weighted by Crippen LogP contribution is -2.32. The fourth-order valence-corrected chi connectivity index (χ4v) is 1.43. The topological polar surface area (TPSA) is 131 Å². The third kappa shape index (κ3) is 6.70. The fraction of sp³-hybridized carbons (Fsp3) is 0.727. The molecule has 0 bridgehead atoms. The Morgan fingerprint density at radius 3 is 2.38 bits per heavy atom. The lowest BCUT2D eigenvalue weighted by atomic mass is 10.4. The Balaban J connectivity index is 2.00. The molecule has 0 atom stereocenters. The Kier molecular flexibility index (Phi) is 7.80. The van der Waals surface area contributed by atoms with Crippen LogP contribution in [-0.4, -0.2) is 55.8 Å². The molecule has 2 amide bonds. The molecule has 1 heterocycles. The summed E-state index contributed by atoms with van der Waals surface area (Å²) in [4.78, 5) is 41.0. The smallest absolute Gasteiger partial charge is 0.335 e. The van der Waals surface area contributed by atoms with Gasteiger partial charge in [0.05, 0.1) is 32.8 Å². The Morgan fingerprint density at radius 2 is 1.76 bits per heavy atom. The molecule has 1 saturated heterocycles. The third-order valence-electron chi connectivity index (χ3n) is 2.42. The summed E-state index contributed by atoms with van der Waals surface area (Å²) in [6.45, 7) is 1.22. The van der Waals surface area contributed by atoms with Crippen molar-refractivity contribution in [3.05, 3.63) is 10.4 Å². The SMILES string of the molecule is [N-]=[N+]=NCCOCCOCCC(=O)ON1C(=O)CCC1=O. The van der Waals surface area contributed by atoms with Crippen LogP contribution in [-0.2, 0) is 28.7 Å². The standard InChI is InChI=1S/C11H16N4O6/c12-14-13-4-6-20-8-7-19-5-3-11(18)21-15-9(16)1-2-10(15)17/h1-8H2. The molecule has 10 nitrogen and oxygen atoms in total. The van der Waals surface area contributed by atoms with E-state index < -0.39 is 17.8 Å². The Bertz CT molecular complexity index is 418. The number of carbonyl (C=O) groups is 3. The van der Waals surface area contributed by atoms with Gasteiger partial charge in [-0.05, 0) is 5.53 Å². The number of hydrogen-bond donors (Lipinski definition) is 0. The van der Waals surface area contributed by atoms with Gasteiger partial charge in [0.15, 0.2) is 0 Å². The van der Waals surface area contributed by atoms with Gasteiger partial charge in [-0.1, -0.05) is 5.11 Å². The Hall–Kier alpha value is -2.16. The van der Waals surface area contributed by atoms with Crippen LogP contribution in [0.15, 0.2) is 5.11 Å². The minimum absolute atomic E-state index is 0.0653. The monoisotopic (exact) mass is 300 g/mol. The van der Waals surface area contributed by atoms with Gasteiger partial charge in [-0.3, -0.25) is 9.59 Å². The van der Waals surface area contributed by atoms with Crippen molar-refractivity contribution >= 4 is 17.8 Å².